The van der Waals surface area contributed by atoms with Crippen LogP contribution < -0.4 is 26.2 Å². The maximum Gasteiger partial charge on any atom is 0.410 e. The fraction of sp³-hybridized carbons (Fsp3) is 0.500. The van der Waals surface area contributed by atoms with Crippen molar-refractivity contribution in [3.8, 4) is 0 Å². The average Bonchev–Trinajstić information content (AvgIpc) is 1.62. The van der Waals surface area contributed by atoms with E-state index < -0.39 is 113 Å². The fourth-order valence-corrected chi connectivity index (χ4v) is 12.3. The Morgan fingerprint density at radius 3 is 2.20 bits per heavy atom. The number of piperazine rings is 1. The number of nitrogens with zero attached hydrogens (tertiary/aromatic N) is 6. The Balaban J connectivity index is 0.944. The van der Waals surface area contributed by atoms with Crippen LogP contribution in [-0.2, 0) is 61.4 Å². The van der Waals surface area contributed by atoms with E-state index in [0.29, 0.717) is 62.4 Å². The molecule has 5 aliphatic heterocycles. The molecule has 25 heteroatoms. The normalized spacial score (nSPS) is 22.1. The van der Waals surface area contributed by atoms with Crippen LogP contribution in [0.3, 0.4) is 0 Å². The second kappa shape index (κ2) is 27.3. The SMILES string of the molecule is CC1COCCN1CC1CN(C(=O)O)C(C)CN1CC(=O)N1CC(C)(C(=O)NCC(=O)Nc2ccc3c(c2)C(C(=O)Nc2c(F)cccc2F)N(C(=O)C(NC(=O)C(C)N(C)C(=O)OC(C)(C)C)C2CCOCC2)C3)c2ccc(Cc3ccc(F)cc3)cc21. The van der Waals surface area contributed by atoms with Gasteiger partial charge in [-0.15, -0.1) is 0 Å². The third-order valence-corrected chi connectivity index (χ3v) is 17.5. The number of morpholine rings is 1. The fourth-order valence-electron chi connectivity index (χ4n) is 12.3. The summed E-state index contributed by atoms with van der Waals surface area (Å²) >= 11 is 0. The minimum Gasteiger partial charge on any atom is -0.465 e. The number of likely N-dealkylation sites (N-methyl/N-ethyl adjacent to an activating group) is 1. The molecule has 7 atom stereocenters. The average molecular weight is 1240 g/mol. The number of hydrogen-bond acceptors (Lipinski definition) is 13. The maximum atomic E-state index is 15.2. The number of carbonyl (C=O) groups is 8. The molecular formula is C64H79F3N10O12. The van der Waals surface area contributed by atoms with Gasteiger partial charge in [0.2, 0.25) is 29.5 Å². The van der Waals surface area contributed by atoms with Gasteiger partial charge in [-0.2, -0.15) is 0 Å². The molecule has 5 aliphatic rings. The first kappa shape index (κ1) is 65.3. The smallest absolute Gasteiger partial charge is 0.410 e. The number of anilines is 3. The first-order valence-electron chi connectivity index (χ1n) is 30.0. The third kappa shape index (κ3) is 15.0. The number of hydrogen-bond donors (Lipinski definition) is 5. The van der Waals surface area contributed by atoms with Gasteiger partial charge in [-0.3, -0.25) is 43.5 Å². The molecule has 89 heavy (non-hydrogen) atoms. The van der Waals surface area contributed by atoms with Crippen LogP contribution in [0.4, 0.5) is 39.8 Å². The lowest BCUT2D eigenvalue weighted by Gasteiger charge is -2.47. The molecule has 9 rings (SSSR count). The van der Waals surface area contributed by atoms with Gasteiger partial charge >= 0.3 is 12.2 Å². The Morgan fingerprint density at radius 2 is 1.53 bits per heavy atom. The number of carboxylic acid groups (broad SMARTS) is 1. The van der Waals surface area contributed by atoms with E-state index in [9.17, 15) is 43.1 Å². The second-order valence-electron chi connectivity index (χ2n) is 25.1. The first-order chi connectivity index (χ1) is 42.2. The van der Waals surface area contributed by atoms with Crippen LogP contribution in [0.1, 0.15) is 95.2 Å². The predicted molar refractivity (Wildman–Crippen MR) is 322 cm³/mol. The number of rotatable bonds is 17. The molecule has 0 aromatic heterocycles. The van der Waals surface area contributed by atoms with Crippen molar-refractivity contribution < 1.29 is 70.8 Å². The summed E-state index contributed by atoms with van der Waals surface area (Å²) in [7, 11) is 1.38. The van der Waals surface area contributed by atoms with Crippen molar-refractivity contribution in [2.75, 3.05) is 94.8 Å². The molecule has 3 saturated heterocycles. The molecule has 0 aliphatic carbocycles. The Hall–Kier alpha value is -8.13. The quantitative estimate of drug-likeness (QED) is 0.0812. The topological polar surface area (TPSA) is 252 Å². The first-order valence-corrected chi connectivity index (χ1v) is 30.0. The van der Waals surface area contributed by atoms with E-state index in [2.05, 4.69) is 26.2 Å². The number of benzene rings is 4. The number of halogens is 3. The Bertz CT molecular complexity index is 3330. The highest BCUT2D eigenvalue weighted by molar-refractivity contribution is 6.05. The molecule has 4 aromatic rings. The van der Waals surface area contributed by atoms with E-state index in [1.807, 2.05) is 24.0 Å². The molecule has 0 bridgehead atoms. The molecule has 4 aromatic carbocycles. The molecule has 3 fully saturated rings. The monoisotopic (exact) mass is 1240 g/mol. The van der Waals surface area contributed by atoms with Crippen LogP contribution in [-0.4, -0.2) is 192 Å². The summed E-state index contributed by atoms with van der Waals surface area (Å²) in [5.41, 5.74) is 0.258. The zero-order valence-electron chi connectivity index (χ0n) is 51.4. The lowest BCUT2D eigenvalue weighted by molar-refractivity contribution is -0.144. The van der Waals surface area contributed by atoms with Gasteiger partial charge in [0.1, 0.15) is 46.9 Å². The zero-order chi connectivity index (χ0) is 64.2. The van der Waals surface area contributed by atoms with E-state index in [4.69, 9.17) is 14.2 Å². The van der Waals surface area contributed by atoms with Crippen LogP contribution in [0.5, 0.6) is 0 Å². The molecule has 7 unspecified atom stereocenters. The summed E-state index contributed by atoms with van der Waals surface area (Å²) in [6.45, 7) is 14.1. The predicted octanol–water partition coefficient (Wildman–Crippen LogP) is 6.02. The second-order valence-corrected chi connectivity index (χ2v) is 25.1. The van der Waals surface area contributed by atoms with E-state index in [1.54, 1.807) is 63.8 Å². The van der Waals surface area contributed by atoms with Crippen molar-refractivity contribution in [3.05, 3.63) is 124 Å². The van der Waals surface area contributed by atoms with Crippen LogP contribution in [0.15, 0.2) is 78.9 Å². The van der Waals surface area contributed by atoms with Crippen LogP contribution in [0.2, 0.25) is 0 Å². The zero-order valence-corrected chi connectivity index (χ0v) is 51.4. The summed E-state index contributed by atoms with van der Waals surface area (Å²) in [6.07, 6.45) is -0.779. The van der Waals surface area contributed by atoms with Gasteiger partial charge in [0.25, 0.3) is 5.91 Å². The maximum absolute atomic E-state index is 15.2. The summed E-state index contributed by atoms with van der Waals surface area (Å²) in [5.74, 6) is -7.10. The van der Waals surface area contributed by atoms with Gasteiger partial charge in [-0.25, -0.2) is 22.8 Å². The Labute approximate surface area is 515 Å². The van der Waals surface area contributed by atoms with Crippen molar-refractivity contribution in [1.82, 2.24) is 35.1 Å². The molecule has 5 heterocycles. The van der Waals surface area contributed by atoms with E-state index in [-0.39, 0.29) is 75.2 Å². The summed E-state index contributed by atoms with van der Waals surface area (Å²) in [5, 5.41) is 20.8. The van der Waals surface area contributed by atoms with Crippen LogP contribution >= 0.6 is 0 Å². The number of nitrogens with one attached hydrogen (secondary N) is 4. The largest absolute Gasteiger partial charge is 0.465 e. The van der Waals surface area contributed by atoms with Gasteiger partial charge in [0, 0.05) is 89.0 Å². The lowest BCUT2D eigenvalue weighted by atomic mass is 9.83. The molecule has 0 spiro atoms. The molecule has 8 amide bonds. The van der Waals surface area contributed by atoms with Crippen LogP contribution in [0, 0.1) is 23.4 Å². The van der Waals surface area contributed by atoms with Crippen molar-refractivity contribution in [3.63, 3.8) is 0 Å². The number of ether oxygens (including phenoxy) is 3. The van der Waals surface area contributed by atoms with Crippen molar-refractivity contribution >= 4 is 64.7 Å². The summed E-state index contributed by atoms with van der Waals surface area (Å²) in [6, 6.07) is 14.4. The number of fused-ring (bicyclic) bond motifs is 2. The van der Waals surface area contributed by atoms with Crippen molar-refractivity contribution in [1.29, 1.82) is 0 Å². The Morgan fingerprint density at radius 1 is 0.831 bits per heavy atom. The van der Waals surface area contributed by atoms with Gasteiger partial charge in [-0.1, -0.05) is 36.4 Å². The minimum absolute atomic E-state index is 0.0664. The summed E-state index contributed by atoms with van der Waals surface area (Å²) in [4.78, 5) is 122. The molecule has 0 saturated carbocycles. The molecule has 22 nitrogen and oxygen atoms in total. The molecule has 478 valence electrons. The van der Waals surface area contributed by atoms with Gasteiger partial charge in [-0.05, 0) is 144 Å². The standard InChI is InChI=1S/C64H79F3N10O12/c1-37-30-74(46(33-75(37)61(84)85)32-73-22-25-88-35-38(73)2)34-53(79)77-36-64(7,48-19-14-41(27-51(48)77)26-40-12-16-44(65)17-13-40)60(83)68-29-52(78)69-45-18-15-43-31-76(56(47(43)28-45)58(81)71-55-49(66)10-9-11-50(55)67)59(82)54(42-20-23-87-24-21-42)70-57(80)39(3)72(8)62(86)89-63(4,5)6/h9-19,27-28,37-39,42,46,54,56H,20-26,29-36H2,1-8H3,(H,68,83)(H,69,78)(H,70,80)(H,71,81)(H,84,85). The van der Waals surface area contributed by atoms with Gasteiger partial charge in [0.05, 0.1) is 31.7 Å². The summed E-state index contributed by atoms with van der Waals surface area (Å²) < 4.78 is 61.1. The van der Waals surface area contributed by atoms with E-state index in [0.717, 1.165) is 34.2 Å². The minimum atomic E-state index is -1.57. The highest BCUT2D eigenvalue weighted by Crippen LogP contribution is 2.43. The van der Waals surface area contributed by atoms with Crippen molar-refractivity contribution in [2.45, 2.75) is 122 Å². The number of para-hydroxylation sites is 1. The number of carbonyl (C=O) groups excluding carboxylic acids is 7. The van der Waals surface area contributed by atoms with Gasteiger partial charge in [0.15, 0.2) is 0 Å². The Kier molecular flexibility index (Phi) is 20.0. The van der Waals surface area contributed by atoms with Crippen molar-refractivity contribution in [2.24, 2.45) is 5.92 Å². The van der Waals surface area contributed by atoms with Crippen LogP contribution in [0.25, 0.3) is 0 Å². The number of amides is 8. The highest BCUT2D eigenvalue weighted by Gasteiger charge is 2.49. The molecule has 0 radical (unpaired) electrons. The molecular weight excluding hydrogens is 1160 g/mol. The molecule has 5 N–H and O–H groups in total. The lowest BCUT2D eigenvalue weighted by Crippen LogP contribution is -2.64. The van der Waals surface area contributed by atoms with E-state index in [1.165, 1.54) is 48.0 Å². The highest BCUT2D eigenvalue weighted by atomic mass is 19.1. The van der Waals surface area contributed by atoms with E-state index >= 15 is 13.6 Å². The third-order valence-electron chi connectivity index (χ3n) is 17.5. The van der Waals surface area contributed by atoms with Gasteiger partial charge < -0.3 is 55.3 Å².